The van der Waals surface area contributed by atoms with Gasteiger partial charge in [0.25, 0.3) is 5.91 Å². The van der Waals surface area contributed by atoms with Gasteiger partial charge in [0, 0.05) is 25.4 Å². The molecule has 0 bridgehead atoms. The summed E-state index contributed by atoms with van der Waals surface area (Å²) < 4.78 is 5.58. The number of benzene rings is 1. The Morgan fingerprint density at radius 1 is 1.20 bits per heavy atom. The van der Waals surface area contributed by atoms with E-state index in [4.69, 9.17) is 4.74 Å². The average molecular weight is 338 g/mol. The van der Waals surface area contributed by atoms with Crippen LogP contribution in [-0.4, -0.2) is 41.9 Å². The predicted octanol–water partition coefficient (Wildman–Crippen LogP) is 2.66. The molecule has 0 spiro atoms. The predicted molar refractivity (Wildman–Crippen MR) is 95.9 cm³/mol. The number of ether oxygens (including phenoxy) is 1. The van der Waals surface area contributed by atoms with Crippen LogP contribution in [0.2, 0.25) is 0 Å². The Labute approximate surface area is 147 Å². The Morgan fingerprint density at radius 3 is 2.92 bits per heavy atom. The van der Waals surface area contributed by atoms with E-state index in [1.54, 1.807) is 6.07 Å². The van der Waals surface area contributed by atoms with Crippen molar-refractivity contribution in [2.24, 2.45) is 0 Å². The highest BCUT2D eigenvalue weighted by molar-refractivity contribution is 6.05. The van der Waals surface area contributed by atoms with Crippen LogP contribution in [0, 0.1) is 0 Å². The van der Waals surface area contributed by atoms with E-state index in [0.717, 1.165) is 51.1 Å². The minimum absolute atomic E-state index is 0.0923. The molecule has 1 fully saturated rings. The summed E-state index contributed by atoms with van der Waals surface area (Å²) in [5.74, 6) is 0.580. The van der Waals surface area contributed by atoms with Crippen molar-refractivity contribution < 1.29 is 9.53 Å². The largest absolute Gasteiger partial charge is 0.376 e. The molecule has 1 unspecified atom stereocenters. The van der Waals surface area contributed by atoms with Gasteiger partial charge in [-0.3, -0.25) is 4.79 Å². The molecule has 2 aliphatic heterocycles. The second kappa shape index (κ2) is 7.19. The first kappa shape index (κ1) is 16.0. The number of rotatable bonds is 4. The molecule has 25 heavy (non-hydrogen) atoms. The summed E-state index contributed by atoms with van der Waals surface area (Å²) >= 11 is 0. The van der Waals surface area contributed by atoms with Gasteiger partial charge in [0.2, 0.25) is 0 Å². The Hall–Kier alpha value is -2.47. The number of carbonyl (C=O) groups is 1. The van der Waals surface area contributed by atoms with Gasteiger partial charge in [0.05, 0.1) is 6.10 Å². The molecule has 1 N–H and O–H groups in total. The fourth-order valence-electron chi connectivity index (χ4n) is 3.45. The number of hydrogen-bond donors (Lipinski definition) is 1. The van der Waals surface area contributed by atoms with Crippen LogP contribution in [-0.2, 0) is 11.2 Å². The molecular weight excluding hydrogens is 316 g/mol. The molecule has 1 saturated heterocycles. The second-order valence-electron chi connectivity index (χ2n) is 6.51. The van der Waals surface area contributed by atoms with Gasteiger partial charge in [-0.05, 0) is 49.4 Å². The van der Waals surface area contributed by atoms with E-state index in [2.05, 4.69) is 21.6 Å². The van der Waals surface area contributed by atoms with Crippen molar-refractivity contribution in [3.8, 4) is 0 Å². The fraction of sp³-hybridized carbons (Fsp3) is 0.421. The van der Waals surface area contributed by atoms with E-state index in [-0.39, 0.29) is 12.0 Å². The monoisotopic (exact) mass is 338 g/mol. The molecule has 1 atom stereocenters. The number of nitrogens with zero attached hydrogens (tertiary/aromatic N) is 3. The molecule has 3 heterocycles. The SMILES string of the molecule is O=C(c1ccc(NCC2CCCO2)nn1)N1CCCc2ccccc21. The van der Waals surface area contributed by atoms with Crippen LogP contribution in [0.25, 0.3) is 0 Å². The molecule has 130 valence electrons. The third kappa shape index (κ3) is 3.49. The van der Waals surface area contributed by atoms with E-state index < -0.39 is 0 Å². The molecule has 4 rings (SSSR count). The number of carbonyl (C=O) groups excluding carboxylic acids is 1. The van der Waals surface area contributed by atoms with Crippen LogP contribution in [0.3, 0.4) is 0 Å². The molecular formula is C19H22N4O2. The number of aryl methyl sites for hydroxylation is 1. The van der Waals surface area contributed by atoms with Crippen LogP contribution in [0.5, 0.6) is 0 Å². The molecule has 0 aliphatic carbocycles. The van der Waals surface area contributed by atoms with Crippen LogP contribution < -0.4 is 10.2 Å². The normalized spacial score (nSPS) is 19.5. The van der Waals surface area contributed by atoms with E-state index in [0.29, 0.717) is 11.5 Å². The zero-order valence-corrected chi connectivity index (χ0v) is 14.1. The summed E-state index contributed by atoms with van der Waals surface area (Å²) in [5, 5.41) is 11.5. The highest BCUT2D eigenvalue weighted by atomic mass is 16.5. The number of para-hydroxylation sites is 1. The molecule has 6 nitrogen and oxygen atoms in total. The van der Waals surface area contributed by atoms with Crippen molar-refractivity contribution in [1.82, 2.24) is 10.2 Å². The Bertz CT molecular complexity index is 741. The number of hydrogen-bond acceptors (Lipinski definition) is 5. The summed E-state index contributed by atoms with van der Waals surface area (Å²) in [6.07, 6.45) is 4.41. The summed E-state index contributed by atoms with van der Waals surface area (Å²) in [7, 11) is 0. The van der Waals surface area contributed by atoms with Crippen molar-refractivity contribution in [2.75, 3.05) is 29.9 Å². The molecule has 1 amide bonds. The van der Waals surface area contributed by atoms with Crippen molar-refractivity contribution in [1.29, 1.82) is 0 Å². The molecule has 2 aliphatic rings. The summed E-state index contributed by atoms with van der Waals surface area (Å²) in [6.45, 7) is 2.28. The topological polar surface area (TPSA) is 67.3 Å². The quantitative estimate of drug-likeness (QED) is 0.928. The standard InChI is InChI=1S/C19H22N4O2/c24-19(23-11-3-6-14-5-1-2-8-17(14)23)16-9-10-18(22-21-16)20-13-15-7-4-12-25-15/h1-2,5,8-10,15H,3-4,6-7,11-13H2,(H,20,22). The Kier molecular flexibility index (Phi) is 4.61. The van der Waals surface area contributed by atoms with Gasteiger partial charge in [-0.25, -0.2) is 0 Å². The zero-order chi connectivity index (χ0) is 17.1. The van der Waals surface area contributed by atoms with E-state index in [1.165, 1.54) is 5.56 Å². The number of nitrogens with one attached hydrogen (secondary N) is 1. The smallest absolute Gasteiger partial charge is 0.278 e. The molecule has 2 aromatic rings. The summed E-state index contributed by atoms with van der Waals surface area (Å²) in [6, 6.07) is 11.6. The third-order valence-electron chi connectivity index (χ3n) is 4.77. The number of anilines is 2. The van der Waals surface area contributed by atoms with Gasteiger partial charge in [-0.15, -0.1) is 10.2 Å². The number of amides is 1. The van der Waals surface area contributed by atoms with Crippen molar-refractivity contribution in [2.45, 2.75) is 31.8 Å². The lowest BCUT2D eigenvalue weighted by Gasteiger charge is -2.29. The maximum absolute atomic E-state index is 12.8. The molecule has 1 aromatic heterocycles. The Balaban J connectivity index is 1.44. The maximum Gasteiger partial charge on any atom is 0.278 e. The molecule has 1 aromatic carbocycles. The lowest BCUT2D eigenvalue weighted by Crippen LogP contribution is -2.36. The third-order valence-corrected chi connectivity index (χ3v) is 4.77. The van der Waals surface area contributed by atoms with E-state index >= 15 is 0 Å². The lowest BCUT2D eigenvalue weighted by molar-refractivity contribution is 0.0979. The highest BCUT2D eigenvalue weighted by Gasteiger charge is 2.24. The molecule has 6 heteroatoms. The van der Waals surface area contributed by atoms with Crippen molar-refractivity contribution in [3.63, 3.8) is 0 Å². The molecule has 0 saturated carbocycles. The van der Waals surface area contributed by atoms with Gasteiger partial charge in [-0.2, -0.15) is 0 Å². The number of fused-ring (bicyclic) bond motifs is 1. The van der Waals surface area contributed by atoms with Gasteiger partial charge in [-0.1, -0.05) is 18.2 Å². The summed E-state index contributed by atoms with van der Waals surface area (Å²) in [4.78, 5) is 14.6. The van der Waals surface area contributed by atoms with Crippen LogP contribution in [0.1, 0.15) is 35.3 Å². The van der Waals surface area contributed by atoms with Gasteiger partial charge < -0.3 is 15.0 Å². The van der Waals surface area contributed by atoms with Crippen LogP contribution in [0.4, 0.5) is 11.5 Å². The van der Waals surface area contributed by atoms with E-state index in [1.807, 2.05) is 29.2 Å². The van der Waals surface area contributed by atoms with Gasteiger partial charge in [0.15, 0.2) is 5.69 Å². The second-order valence-corrected chi connectivity index (χ2v) is 6.51. The van der Waals surface area contributed by atoms with E-state index in [9.17, 15) is 4.79 Å². The summed E-state index contributed by atoms with van der Waals surface area (Å²) in [5.41, 5.74) is 2.57. The minimum Gasteiger partial charge on any atom is -0.376 e. The van der Waals surface area contributed by atoms with Crippen molar-refractivity contribution in [3.05, 3.63) is 47.7 Å². The van der Waals surface area contributed by atoms with Crippen LogP contribution in [0.15, 0.2) is 36.4 Å². The average Bonchev–Trinajstić information content (AvgIpc) is 3.19. The first-order chi connectivity index (χ1) is 12.3. The fourth-order valence-corrected chi connectivity index (χ4v) is 3.45. The first-order valence-corrected chi connectivity index (χ1v) is 8.90. The highest BCUT2D eigenvalue weighted by Crippen LogP contribution is 2.27. The molecule has 0 radical (unpaired) electrons. The minimum atomic E-state index is -0.0923. The van der Waals surface area contributed by atoms with Gasteiger partial charge in [0.1, 0.15) is 5.82 Å². The number of aromatic nitrogens is 2. The van der Waals surface area contributed by atoms with Crippen molar-refractivity contribution >= 4 is 17.4 Å². The van der Waals surface area contributed by atoms with Crippen LogP contribution >= 0.6 is 0 Å². The first-order valence-electron chi connectivity index (χ1n) is 8.90. The van der Waals surface area contributed by atoms with Gasteiger partial charge >= 0.3 is 0 Å². The Morgan fingerprint density at radius 2 is 2.12 bits per heavy atom. The lowest BCUT2D eigenvalue weighted by atomic mass is 10.0. The maximum atomic E-state index is 12.8. The zero-order valence-electron chi connectivity index (χ0n) is 14.1.